The van der Waals surface area contributed by atoms with Gasteiger partial charge < -0.3 is 4.90 Å². The van der Waals surface area contributed by atoms with Crippen molar-refractivity contribution in [1.82, 2.24) is 9.55 Å². The van der Waals surface area contributed by atoms with E-state index in [0.29, 0.717) is 28.8 Å². The Balaban J connectivity index is 1.82. The molecule has 1 aliphatic heterocycles. The van der Waals surface area contributed by atoms with Crippen molar-refractivity contribution in [3.05, 3.63) is 96.0 Å². The van der Waals surface area contributed by atoms with Crippen molar-refractivity contribution >= 4 is 72.7 Å². The number of hydrogen-bond acceptors (Lipinski definition) is 3. The fourth-order valence-electron chi connectivity index (χ4n) is 4.33. The largest absolute Gasteiger partial charge is 0.308 e. The molecule has 1 aliphatic rings. The van der Waals surface area contributed by atoms with Crippen LogP contribution < -0.4 is 10.5 Å². The van der Waals surface area contributed by atoms with Gasteiger partial charge in [0.1, 0.15) is 5.82 Å². The zero-order valence-corrected chi connectivity index (χ0v) is 22.4. The van der Waals surface area contributed by atoms with E-state index < -0.39 is 0 Å². The van der Waals surface area contributed by atoms with Crippen LogP contribution in [0.25, 0.3) is 28.2 Å². The van der Waals surface area contributed by atoms with E-state index in [2.05, 4.69) is 45.4 Å². The van der Waals surface area contributed by atoms with E-state index in [1.54, 1.807) is 15.5 Å². The lowest BCUT2D eigenvalue weighted by Gasteiger charge is -2.15. The third kappa shape index (κ3) is 4.01. The quantitative estimate of drug-likeness (QED) is 0.196. The predicted molar refractivity (Wildman–Crippen MR) is 149 cm³/mol. The molecule has 0 N–H and O–H groups in total. The van der Waals surface area contributed by atoms with Gasteiger partial charge in [-0.25, -0.2) is 4.98 Å². The highest BCUT2D eigenvalue weighted by atomic mass is 127. The van der Waals surface area contributed by atoms with E-state index in [9.17, 15) is 9.59 Å². The van der Waals surface area contributed by atoms with Crippen LogP contribution in [0.2, 0.25) is 0 Å². The second-order valence-corrected chi connectivity index (χ2v) is 10.4. The Morgan fingerprint density at radius 2 is 1.88 bits per heavy atom. The summed E-state index contributed by atoms with van der Waals surface area (Å²) in [6.07, 6.45) is 2.60. The number of nitrogens with zero attached hydrogens (tertiary/aromatic N) is 3. The molecular weight excluding hydrogens is 605 g/mol. The number of anilines is 1. The number of halogens is 2. The Morgan fingerprint density at radius 1 is 1.06 bits per heavy atom. The van der Waals surface area contributed by atoms with Gasteiger partial charge in [-0.05, 0) is 96.1 Å². The van der Waals surface area contributed by atoms with Gasteiger partial charge in [-0.2, -0.15) is 0 Å². The second-order valence-electron chi connectivity index (χ2n) is 8.29. The van der Waals surface area contributed by atoms with Crippen LogP contribution in [0.1, 0.15) is 30.3 Å². The van der Waals surface area contributed by atoms with Crippen LogP contribution in [0, 0.1) is 10.5 Å². The highest BCUT2D eigenvalue weighted by Crippen LogP contribution is 2.39. The molecule has 1 aromatic heterocycles. The molecule has 2 heterocycles. The maximum absolute atomic E-state index is 13.7. The minimum Gasteiger partial charge on any atom is -0.308 e. The summed E-state index contributed by atoms with van der Waals surface area (Å²) < 4.78 is 3.46. The number of hydrogen-bond donors (Lipinski definition) is 0. The molecule has 0 spiro atoms. The molecular formula is C27H21BrIN3O2. The number of carbonyl (C=O) groups is 1. The van der Waals surface area contributed by atoms with Crippen molar-refractivity contribution in [3.8, 4) is 5.69 Å². The van der Waals surface area contributed by atoms with Crippen LogP contribution in [0.4, 0.5) is 5.69 Å². The molecule has 3 aromatic carbocycles. The van der Waals surface area contributed by atoms with Gasteiger partial charge in [0.05, 0.1) is 27.9 Å². The molecule has 0 saturated heterocycles. The molecule has 5 nitrogen and oxygen atoms in total. The maximum atomic E-state index is 13.7. The zero-order chi connectivity index (χ0) is 24.0. The number of fused-ring (bicyclic) bond motifs is 2. The third-order valence-corrected chi connectivity index (χ3v) is 7.02. The minimum absolute atomic E-state index is 0.0808. The monoisotopic (exact) mass is 625 g/mol. The molecule has 0 fully saturated rings. The molecule has 4 aromatic rings. The first-order chi connectivity index (χ1) is 16.4. The average Bonchev–Trinajstić information content (AvgIpc) is 3.05. The zero-order valence-electron chi connectivity index (χ0n) is 18.7. The molecule has 5 rings (SSSR count). The molecule has 170 valence electrons. The van der Waals surface area contributed by atoms with E-state index in [1.807, 2.05) is 67.6 Å². The van der Waals surface area contributed by atoms with Crippen LogP contribution in [0.5, 0.6) is 0 Å². The molecule has 0 radical (unpaired) electrons. The highest BCUT2D eigenvalue weighted by molar-refractivity contribution is 14.1. The SMILES string of the molecule is CCCN1C(=O)/C(=C\c2nc3ccc(I)cc3c(=O)n2-c2cccc(C)c2)c2cc(Br)ccc21. The summed E-state index contributed by atoms with van der Waals surface area (Å²) in [4.78, 5) is 33.9. The molecule has 0 atom stereocenters. The molecule has 0 unspecified atom stereocenters. The van der Waals surface area contributed by atoms with Gasteiger partial charge in [0.25, 0.3) is 11.5 Å². The highest BCUT2D eigenvalue weighted by Gasteiger charge is 2.32. The molecule has 0 aliphatic carbocycles. The summed E-state index contributed by atoms with van der Waals surface area (Å²) in [5, 5.41) is 0.545. The Kier molecular flexibility index (Phi) is 6.16. The lowest BCUT2D eigenvalue weighted by Crippen LogP contribution is -2.27. The third-order valence-electron chi connectivity index (χ3n) is 5.85. The van der Waals surface area contributed by atoms with Crippen molar-refractivity contribution in [1.29, 1.82) is 0 Å². The lowest BCUT2D eigenvalue weighted by molar-refractivity contribution is -0.113. The number of rotatable bonds is 4. The van der Waals surface area contributed by atoms with Crippen LogP contribution in [0.15, 0.2) is 69.9 Å². The van der Waals surface area contributed by atoms with Gasteiger partial charge in [0.2, 0.25) is 0 Å². The molecule has 0 saturated carbocycles. The Morgan fingerprint density at radius 3 is 2.65 bits per heavy atom. The first kappa shape index (κ1) is 23.0. The summed E-state index contributed by atoms with van der Waals surface area (Å²) >= 11 is 5.74. The summed E-state index contributed by atoms with van der Waals surface area (Å²) in [6, 6.07) is 19.2. The molecule has 0 bridgehead atoms. The first-order valence-electron chi connectivity index (χ1n) is 11.0. The topological polar surface area (TPSA) is 55.2 Å². The number of aromatic nitrogens is 2. The van der Waals surface area contributed by atoms with E-state index in [0.717, 1.165) is 37.0 Å². The number of carbonyl (C=O) groups excluding carboxylic acids is 1. The lowest BCUT2D eigenvalue weighted by atomic mass is 10.1. The fraction of sp³-hybridized carbons (Fsp3) is 0.148. The second kappa shape index (κ2) is 9.11. The average molecular weight is 626 g/mol. The van der Waals surface area contributed by atoms with Gasteiger partial charge in [-0.15, -0.1) is 0 Å². The smallest absolute Gasteiger partial charge is 0.266 e. The number of aryl methyl sites for hydroxylation is 1. The van der Waals surface area contributed by atoms with Crippen molar-refractivity contribution in [2.75, 3.05) is 11.4 Å². The normalized spacial score (nSPS) is 14.3. The van der Waals surface area contributed by atoms with Gasteiger partial charge in [-0.3, -0.25) is 14.2 Å². The standard InChI is InChI=1S/C27H21BrIN3O2/c1-3-11-31-24-10-7-17(28)13-20(24)21(26(31)33)15-25-30-23-9-8-18(29)14-22(23)27(34)32(25)19-6-4-5-16(2)12-19/h4-10,12-15H,3,11H2,1-2H3/b21-15-. The minimum atomic E-state index is -0.161. The van der Waals surface area contributed by atoms with E-state index in [4.69, 9.17) is 4.98 Å². The molecule has 7 heteroatoms. The van der Waals surface area contributed by atoms with Crippen molar-refractivity contribution in [2.24, 2.45) is 0 Å². The van der Waals surface area contributed by atoms with E-state index in [-0.39, 0.29) is 11.5 Å². The molecule has 1 amide bonds. The number of amides is 1. The van der Waals surface area contributed by atoms with E-state index >= 15 is 0 Å². The van der Waals surface area contributed by atoms with Gasteiger partial charge in [0.15, 0.2) is 0 Å². The summed E-state index contributed by atoms with van der Waals surface area (Å²) in [5.41, 5.74) is 4.43. The summed E-state index contributed by atoms with van der Waals surface area (Å²) in [7, 11) is 0. The van der Waals surface area contributed by atoms with Crippen LogP contribution >= 0.6 is 38.5 Å². The maximum Gasteiger partial charge on any atom is 0.266 e. The van der Waals surface area contributed by atoms with Crippen molar-refractivity contribution < 1.29 is 4.79 Å². The molecule has 34 heavy (non-hydrogen) atoms. The van der Waals surface area contributed by atoms with E-state index in [1.165, 1.54) is 0 Å². The van der Waals surface area contributed by atoms with Gasteiger partial charge in [-0.1, -0.05) is 35.0 Å². The number of benzene rings is 3. The Bertz CT molecular complexity index is 1560. The van der Waals surface area contributed by atoms with Crippen molar-refractivity contribution in [2.45, 2.75) is 20.3 Å². The predicted octanol–water partition coefficient (Wildman–Crippen LogP) is 6.36. The van der Waals surface area contributed by atoms with Gasteiger partial charge >= 0.3 is 0 Å². The first-order valence-corrected chi connectivity index (χ1v) is 12.9. The Labute approximate surface area is 219 Å². The van der Waals surface area contributed by atoms with Crippen LogP contribution in [-0.4, -0.2) is 22.0 Å². The van der Waals surface area contributed by atoms with Crippen molar-refractivity contribution in [3.63, 3.8) is 0 Å². The summed E-state index contributed by atoms with van der Waals surface area (Å²) in [5.74, 6) is 0.347. The fourth-order valence-corrected chi connectivity index (χ4v) is 5.18. The Hall–Kier alpha value is -2.78. The van der Waals surface area contributed by atoms with Crippen LogP contribution in [-0.2, 0) is 4.79 Å². The summed E-state index contributed by atoms with van der Waals surface area (Å²) in [6.45, 7) is 4.66. The van der Waals surface area contributed by atoms with Crippen LogP contribution in [0.3, 0.4) is 0 Å². The van der Waals surface area contributed by atoms with Gasteiger partial charge in [0, 0.05) is 20.2 Å².